The monoisotopic (exact) mass is 296 g/mol. The second-order valence-electron chi connectivity index (χ2n) is 6.81. The third-order valence-corrected chi connectivity index (χ3v) is 4.21. The maximum atomic E-state index is 2.41. The SMILES string of the molecule is C\C=C/C(=C\C=C\C)C(C)(CC(C)C)C1=CCC(C)=CC=C1. The van der Waals surface area contributed by atoms with Crippen molar-refractivity contribution in [2.75, 3.05) is 0 Å². The summed E-state index contributed by atoms with van der Waals surface area (Å²) in [5.74, 6) is 0.649. The Morgan fingerprint density at radius 2 is 2.00 bits per heavy atom. The summed E-state index contributed by atoms with van der Waals surface area (Å²) in [7, 11) is 0. The van der Waals surface area contributed by atoms with Crippen molar-refractivity contribution in [2.24, 2.45) is 11.3 Å². The van der Waals surface area contributed by atoms with E-state index in [1.54, 1.807) is 0 Å². The molecule has 120 valence electrons. The largest absolute Gasteiger partial charge is 0.0877 e. The first kappa shape index (κ1) is 18.5. The molecular formula is C22H32. The fourth-order valence-electron chi connectivity index (χ4n) is 3.15. The van der Waals surface area contributed by atoms with Gasteiger partial charge in [-0.05, 0) is 50.7 Å². The highest BCUT2D eigenvalue weighted by Crippen LogP contribution is 2.43. The zero-order chi connectivity index (χ0) is 16.6. The van der Waals surface area contributed by atoms with Gasteiger partial charge in [-0.1, -0.05) is 81.0 Å². The van der Waals surface area contributed by atoms with Crippen LogP contribution in [0, 0.1) is 11.3 Å². The number of hydrogen-bond donors (Lipinski definition) is 0. The Morgan fingerprint density at radius 1 is 1.27 bits per heavy atom. The second kappa shape index (κ2) is 8.78. The summed E-state index contributed by atoms with van der Waals surface area (Å²) in [5.41, 5.74) is 4.29. The van der Waals surface area contributed by atoms with Gasteiger partial charge in [-0.25, -0.2) is 0 Å². The van der Waals surface area contributed by atoms with Gasteiger partial charge in [0.25, 0.3) is 0 Å². The average molecular weight is 296 g/mol. The third-order valence-electron chi connectivity index (χ3n) is 4.21. The Balaban J connectivity index is 3.35. The molecule has 0 amide bonds. The van der Waals surface area contributed by atoms with Gasteiger partial charge in [0.2, 0.25) is 0 Å². The summed E-state index contributed by atoms with van der Waals surface area (Å²) >= 11 is 0. The molecule has 1 unspecified atom stereocenters. The van der Waals surface area contributed by atoms with Crippen molar-refractivity contribution in [3.05, 3.63) is 71.4 Å². The van der Waals surface area contributed by atoms with E-state index in [0.29, 0.717) is 5.92 Å². The van der Waals surface area contributed by atoms with E-state index in [1.165, 1.54) is 16.7 Å². The van der Waals surface area contributed by atoms with Gasteiger partial charge < -0.3 is 0 Å². The highest BCUT2D eigenvalue weighted by molar-refractivity contribution is 5.44. The van der Waals surface area contributed by atoms with Crippen LogP contribution in [-0.2, 0) is 0 Å². The maximum Gasteiger partial charge on any atom is 0.0174 e. The van der Waals surface area contributed by atoms with Crippen molar-refractivity contribution in [3.63, 3.8) is 0 Å². The molecule has 0 heteroatoms. The molecule has 0 N–H and O–H groups in total. The van der Waals surface area contributed by atoms with Gasteiger partial charge >= 0.3 is 0 Å². The van der Waals surface area contributed by atoms with E-state index in [1.807, 2.05) is 0 Å². The van der Waals surface area contributed by atoms with E-state index in [2.05, 4.69) is 96.2 Å². The summed E-state index contributed by atoms with van der Waals surface area (Å²) in [6.45, 7) is 13.4. The quantitative estimate of drug-likeness (QED) is 0.465. The molecule has 1 aliphatic rings. The van der Waals surface area contributed by atoms with Crippen molar-refractivity contribution >= 4 is 0 Å². The predicted octanol–water partition coefficient (Wildman–Crippen LogP) is 6.95. The van der Waals surface area contributed by atoms with E-state index >= 15 is 0 Å². The van der Waals surface area contributed by atoms with Gasteiger partial charge in [0, 0.05) is 5.41 Å². The zero-order valence-corrected chi connectivity index (χ0v) is 15.2. The zero-order valence-electron chi connectivity index (χ0n) is 15.2. The molecule has 0 spiro atoms. The minimum Gasteiger partial charge on any atom is -0.0877 e. The first-order chi connectivity index (χ1) is 10.4. The van der Waals surface area contributed by atoms with Crippen LogP contribution in [0.2, 0.25) is 0 Å². The molecule has 1 rings (SSSR count). The molecular weight excluding hydrogens is 264 g/mol. The van der Waals surface area contributed by atoms with Gasteiger partial charge in [-0.2, -0.15) is 0 Å². The molecule has 0 bridgehead atoms. The molecule has 0 fully saturated rings. The lowest BCUT2D eigenvalue weighted by molar-refractivity contribution is 0.380. The van der Waals surface area contributed by atoms with E-state index in [9.17, 15) is 0 Å². The molecule has 0 saturated carbocycles. The highest BCUT2D eigenvalue weighted by Gasteiger charge is 2.31. The average Bonchev–Trinajstić information content (AvgIpc) is 2.67. The molecule has 22 heavy (non-hydrogen) atoms. The van der Waals surface area contributed by atoms with Crippen molar-refractivity contribution in [3.8, 4) is 0 Å². The number of hydrogen-bond acceptors (Lipinski definition) is 0. The fraction of sp³-hybridized carbons (Fsp3) is 0.455. The van der Waals surface area contributed by atoms with Crippen LogP contribution in [0.4, 0.5) is 0 Å². The molecule has 0 aromatic rings. The van der Waals surface area contributed by atoms with Crippen molar-refractivity contribution in [1.29, 1.82) is 0 Å². The molecule has 0 saturated heterocycles. The maximum absolute atomic E-state index is 2.41. The highest BCUT2D eigenvalue weighted by atomic mass is 14.3. The van der Waals surface area contributed by atoms with Gasteiger partial charge in [0.05, 0.1) is 0 Å². The van der Waals surface area contributed by atoms with Crippen LogP contribution < -0.4 is 0 Å². The fourth-order valence-corrected chi connectivity index (χ4v) is 3.15. The molecule has 0 nitrogen and oxygen atoms in total. The number of allylic oxidation sites excluding steroid dienone is 12. The van der Waals surface area contributed by atoms with E-state index in [4.69, 9.17) is 0 Å². The van der Waals surface area contributed by atoms with E-state index in [0.717, 1.165) is 12.8 Å². The third kappa shape index (κ3) is 5.02. The molecule has 0 heterocycles. The van der Waals surface area contributed by atoms with Crippen molar-refractivity contribution in [1.82, 2.24) is 0 Å². The predicted molar refractivity (Wildman–Crippen MR) is 101 cm³/mol. The van der Waals surface area contributed by atoms with Crippen LogP contribution in [0.15, 0.2) is 71.4 Å². The van der Waals surface area contributed by atoms with Crippen molar-refractivity contribution in [2.45, 2.75) is 54.4 Å². The lowest BCUT2D eigenvalue weighted by Crippen LogP contribution is -2.23. The van der Waals surface area contributed by atoms with Gasteiger partial charge in [-0.15, -0.1) is 0 Å². The molecule has 0 aliphatic heterocycles. The number of rotatable bonds is 6. The van der Waals surface area contributed by atoms with Crippen LogP contribution in [0.5, 0.6) is 0 Å². The van der Waals surface area contributed by atoms with Crippen LogP contribution >= 0.6 is 0 Å². The Morgan fingerprint density at radius 3 is 2.59 bits per heavy atom. The first-order valence-corrected chi connectivity index (χ1v) is 8.44. The molecule has 0 aromatic carbocycles. The Bertz CT molecular complexity index is 532. The van der Waals surface area contributed by atoms with Crippen LogP contribution in [0.1, 0.15) is 54.4 Å². The van der Waals surface area contributed by atoms with E-state index < -0.39 is 0 Å². The standard InChI is InChI=1S/C22H32/c1-7-9-13-20(11-8-2)22(6,17-18(3)4)21-14-10-12-19(5)15-16-21/h7-14,16,18H,15,17H2,1-6H3/b9-7+,11-8-,20-13+. The van der Waals surface area contributed by atoms with Crippen LogP contribution in [0.3, 0.4) is 0 Å². The molecule has 1 atom stereocenters. The molecule has 0 radical (unpaired) electrons. The van der Waals surface area contributed by atoms with Crippen LogP contribution in [0.25, 0.3) is 0 Å². The summed E-state index contributed by atoms with van der Waals surface area (Å²) in [5, 5.41) is 0. The minimum atomic E-state index is 0.0507. The van der Waals surface area contributed by atoms with Gasteiger partial charge in [-0.3, -0.25) is 0 Å². The topological polar surface area (TPSA) is 0 Å². The van der Waals surface area contributed by atoms with Crippen LogP contribution in [-0.4, -0.2) is 0 Å². The van der Waals surface area contributed by atoms with Gasteiger partial charge in [0.15, 0.2) is 0 Å². The lowest BCUT2D eigenvalue weighted by atomic mass is 9.69. The minimum absolute atomic E-state index is 0.0507. The second-order valence-corrected chi connectivity index (χ2v) is 6.81. The molecule has 1 aliphatic carbocycles. The van der Waals surface area contributed by atoms with E-state index in [-0.39, 0.29) is 5.41 Å². The Labute approximate surface area is 137 Å². The smallest absolute Gasteiger partial charge is 0.0174 e. The van der Waals surface area contributed by atoms with Crippen molar-refractivity contribution < 1.29 is 0 Å². The normalized spacial score (nSPS) is 19.5. The lowest BCUT2D eigenvalue weighted by Gasteiger charge is -2.35. The van der Waals surface area contributed by atoms with Gasteiger partial charge in [0.1, 0.15) is 0 Å². The Hall–Kier alpha value is -1.56. The first-order valence-electron chi connectivity index (χ1n) is 8.44. The molecule has 0 aromatic heterocycles. The summed E-state index contributed by atoms with van der Waals surface area (Å²) in [6.07, 6.45) is 22.3. The summed E-state index contributed by atoms with van der Waals surface area (Å²) < 4.78 is 0. The summed E-state index contributed by atoms with van der Waals surface area (Å²) in [4.78, 5) is 0. The summed E-state index contributed by atoms with van der Waals surface area (Å²) in [6, 6.07) is 0. The Kier molecular flexibility index (Phi) is 7.38.